The highest BCUT2D eigenvalue weighted by Crippen LogP contribution is 2.32. The molecule has 1 atom stereocenters. The monoisotopic (exact) mass is 392 g/mol. The minimum atomic E-state index is -3.25. The minimum Gasteiger partial charge on any atom is -0.349 e. The first-order valence-electron chi connectivity index (χ1n) is 7.85. The molecule has 1 aromatic carbocycles. The molecule has 0 bridgehead atoms. The number of rotatable bonds is 5. The molecule has 2 aliphatic heterocycles. The summed E-state index contributed by atoms with van der Waals surface area (Å²) < 4.78 is 22.6. The van der Waals surface area contributed by atoms with E-state index in [0.29, 0.717) is 4.91 Å². The van der Waals surface area contributed by atoms with Crippen molar-refractivity contribution in [3.63, 3.8) is 0 Å². The molecule has 3 amide bonds. The van der Waals surface area contributed by atoms with Gasteiger partial charge in [0.25, 0.3) is 11.1 Å². The average molecular weight is 392 g/mol. The Morgan fingerprint density at radius 3 is 2.65 bits per heavy atom. The summed E-state index contributed by atoms with van der Waals surface area (Å²) >= 11 is 0.837. The minimum absolute atomic E-state index is 0.0498. The van der Waals surface area contributed by atoms with Gasteiger partial charge in [0.15, 0.2) is 9.84 Å². The quantitative estimate of drug-likeness (QED) is 0.763. The molecule has 1 aromatic rings. The maximum atomic E-state index is 12.4. The number of hydrogen-bond acceptors (Lipinski definition) is 6. The number of hydrogen-bond donors (Lipinski definition) is 1. The van der Waals surface area contributed by atoms with Crippen LogP contribution in [0.2, 0.25) is 0 Å². The van der Waals surface area contributed by atoms with E-state index in [4.69, 9.17) is 0 Å². The standard InChI is InChI=1S/C17H16N2O5S2/c20-15(18-13-7-9-26(23,24)11-13)6-8-19-16(21)14(25-17(19)22)10-12-4-2-1-3-5-12/h1-5,7,9-10,13H,6,8,11H2,(H,18,20)/b14-10-/t13-/m1/s1. The van der Waals surface area contributed by atoms with Crippen molar-refractivity contribution in [3.8, 4) is 0 Å². The van der Waals surface area contributed by atoms with Gasteiger partial charge in [-0.15, -0.1) is 0 Å². The Bertz CT molecular complexity index is 906. The summed E-state index contributed by atoms with van der Waals surface area (Å²) in [5.74, 6) is -1.01. The van der Waals surface area contributed by atoms with E-state index < -0.39 is 32.9 Å². The summed E-state index contributed by atoms with van der Waals surface area (Å²) in [4.78, 5) is 37.7. The first-order valence-corrected chi connectivity index (χ1v) is 10.4. The van der Waals surface area contributed by atoms with Crippen LogP contribution in [-0.2, 0) is 19.4 Å². The fourth-order valence-electron chi connectivity index (χ4n) is 2.55. The van der Waals surface area contributed by atoms with Gasteiger partial charge in [0.05, 0.1) is 16.7 Å². The number of imide groups is 1. The van der Waals surface area contributed by atoms with E-state index in [1.165, 1.54) is 6.08 Å². The van der Waals surface area contributed by atoms with Gasteiger partial charge in [-0.2, -0.15) is 0 Å². The number of nitrogens with one attached hydrogen (secondary N) is 1. The predicted molar refractivity (Wildman–Crippen MR) is 98.6 cm³/mol. The van der Waals surface area contributed by atoms with Gasteiger partial charge in [-0.25, -0.2) is 8.42 Å². The van der Waals surface area contributed by atoms with Gasteiger partial charge in [0.2, 0.25) is 5.91 Å². The summed E-state index contributed by atoms with van der Waals surface area (Å²) in [6.45, 7) is -0.0498. The zero-order valence-corrected chi connectivity index (χ0v) is 15.3. The zero-order chi connectivity index (χ0) is 18.7. The topological polar surface area (TPSA) is 101 Å². The molecule has 136 valence electrons. The molecular weight excluding hydrogens is 376 g/mol. The largest absolute Gasteiger partial charge is 0.349 e. The molecule has 0 radical (unpaired) electrons. The lowest BCUT2D eigenvalue weighted by molar-refractivity contribution is -0.124. The molecule has 2 aliphatic rings. The van der Waals surface area contributed by atoms with Crippen molar-refractivity contribution < 1.29 is 22.8 Å². The van der Waals surface area contributed by atoms with Crippen LogP contribution in [0.3, 0.4) is 0 Å². The van der Waals surface area contributed by atoms with Crippen LogP contribution >= 0.6 is 11.8 Å². The van der Waals surface area contributed by atoms with Gasteiger partial charge in [0, 0.05) is 18.4 Å². The van der Waals surface area contributed by atoms with Crippen molar-refractivity contribution in [2.75, 3.05) is 12.3 Å². The maximum absolute atomic E-state index is 12.4. The zero-order valence-electron chi connectivity index (χ0n) is 13.6. The van der Waals surface area contributed by atoms with Crippen LogP contribution in [0.25, 0.3) is 6.08 Å². The summed E-state index contributed by atoms with van der Waals surface area (Å²) in [5, 5.41) is 3.21. The number of nitrogens with zero attached hydrogens (tertiary/aromatic N) is 1. The van der Waals surface area contributed by atoms with E-state index in [1.54, 1.807) is 6.08 Å². The third kappa shape index (κ3) is 4.41. The molecule has 0 spiro atoms. The number of benzene rings is 1. The highest BCUT2D eigenvalue weighted by molar-refractivity contribution is 8.18. The molecule has 0 unspecified atom stereocenters. The van der Waals surface area contributed by atoms with Crippen molar-refractivity contribution in [2.24, 2.45) is 0 Å². The van der Waals surface area contributed by atoms with Gasteiger partial charge in [0.1, 0.15) is 0 Å². The number of carbonyl (C=O) groups is 3. The van der Waals surface area contributed by atoms with Crippen LogP contribution in [0.5, 0.6) is 0 Å². The van der Waals surface area contributed by atoms with Gasteiger partial charge >= 0.3 is 0 Å². The Kier molecular flexibility index (Phi) is 5.28. The molecule has 1 N–H and O–H groups in total. The van der Waals surface area contributed by atoms with Crippen LogP contribution < -0.4 is 5.32 Å². The number of sulfone groups is 1. The molecule has 0 saturated carbocycles. The van der Waals surface area contributed by atoms with E-state index in [1.807, 2.05) is 30.3 Å². The smallest absolute Gasteiger partial charge is 0.293 e. The van der Waals surface area contributed by atoms with Crippen LogP contribution in [0.1, 0.15) is 12.0 Å². The second-order valence-electron chi connectivity index (χ2n) is 5.83. The van der Waals surface area contributed by atoms with E-state index in [0.717, 1.165) is 27.6 Å². The lowest BCUT2D eigenvalue weighted by Gasteiger charge is -2.14. The first kappa shape index (κ1) is 18.4. The van der Waals surface area contributed by atoms with E-state index >= 15 is 0 Å². The van der Waals surface area contributed by atoms with Crippen molar-refractivity contribution >= 4 is 44.7 Å². The Labute approximate surface area is 155 Å². The summed E-state index contributed by atoms with van der Waals surface area (Å²) in [5.41, 5.74) is 0.810. The number of amides is 3. The highest BCUT2D eigenvalue weighted by atomic mass is 32.2. The Balaban J connectivity index is 1.56. The fourth-order valence-corrected chi connectivity index (χ4v) is 4.65. The van der Waals surface area contributed by atoms with Gasteiger partial charge < -0.3 is 5.32 Å². The van der Waals surface area contributed by atoms with Crippen molar-refractivity contribution in [1.29, 1.82) is 0 Å². The lowest BCUT2D eigenvalue weighted by Crippen LogP contribution is -2.38. The normalized spacial score (nSPS) is 23.0. The predicted octanol–water partition coefficient (Wildman–Crippen LogP) is 1.54. The third-order valence-electron chi connectivity index (χ3n) is 3.81. The second-order valence-corrected chi connectivity index (χ2v) is 8.75. The van der Waals surface area contributed by atoms with Crippen molar-refractivity contribution in [1.82, 2.24) is 10.2 Å². The van der Waals surface area contributed by atoms with Crippen LogP contribution in [-0.4, -0.2) is 48.7 Å². The molecule has 9 heteroatoms. The first-order chi connectivity index (χ1) is 12.3. The average Bonchev–Trinajstić information content (AvgIpc) is 3.06. The Morgan fingerprint density at radius 1 is 1.27 bits per heavy atom. The second kappa shape index (κ2) is 7.46. The van der Waals surface area contributed by atoms with E-state index in [-0.39, 0.29) is 18.7 Å². The Morgan fingerprint density at radius 2 is 2.00 bits per heavy atom. The molecule has 1 saturated heterocycles. The molecule has 3 rings (SSSR count). The number of thioether (sulfide) groups is 1. The Hall–Kier alpha value is -2.39. The van der Waals surface area contributed by atoms with Gasteiger partial charge in [-0.3, -0.25) is 19.3 Å². The molecule has 7 nitrogen and oxygen atoms in total. The summed E-state index contributed by atoms with van der Waals surface area (Å²) in [6.07, 6.45) is 2.97. The third-order valence-corrected chi connectivity index (χ3v) is 6.11. The molecule has 2 heterocycles. The van der Waals surface area contributed by atoms with Crippen LogP contribution in [0.4, 0.5) is 4.79 Å². The molecule has 1 fully saturated rings. The molecule has 0 aromatic heterocycles. The van der Waals surface area contributed by atoms with Crippen molar-refractivity contribution in [2.45, 2.75) is 12.5 Å². The van der Waals surface area contributed by atoms with Crippen LogP contribution in [0, 0.1) is 0 Å². The van der Waals surface area contributed by atoms with Crippen LogP contribution in [0.15, 0.2) is 46.7 Å². The van der Waals surface area contributed by atoms with E-state index in [9.17, 15) is 22.8 Å². The van der Waals surface area contributed by atoms with E-state index in [2.05, 4.69) is 5.32 Å². The SMILES string of the molecule is O=C(CCN1C(=O)S/C(=C\c2ccccc2)C1=O)N[C@@H]1C=CS(=O)(=O)C1. The molecule has 0 aliphatic carbocycles. The maximum Gasteiger partial charge on any atom is 0.293 e. The molecular formula is C17H16N2O5S2. The van der Waals surface area contributed by atoms with Gasteiger partial charge in [-0.05, 0) is 29.5 Å². The van der Waals surface area contributed by atoms with Crippen molar-refractivity contribution in [3.05, 3.63) is 52.3 Å². The lowest BCUT2D eigenvalue weighted by atomic mass is 10.2. The number of carbonyl (C=O) groups excluding carboxylic acids is 3. The summed E-state index contributed by atoms with van der Waals surface area (Å²) in [7, 11) is -3.25. The summed E-state index contributed by atoms with van der Waals surface area (Å²) in [6, 6.07) is 8.60. The fraction of sp³-hybridized carbons (Fsp3) is 0.235. The highest BCUT2D eigenvalue weighted by Gasteiger charge is 2.35. The molecule has 26 heavy (non-hydrogen) atoms. The van der Waals surface area contributed by atoms with Gasteiger partial charge in [-0.1, -0.05) is 30.3 Å².